The Bertz CT molecular complexity index is 1180. The number of fused-ring (bicyclic) bond motifs is 1. The number of aryl methyl sites for hydroxylation is 2. The topological polar surface area (TPSA) is 97.0 Å². The van der Waals surface area contributed by atoms with E-state index in [9.17, 15) is 5.26 Å². The van der Waals surface area contributed by atoms with E-state index in [1.165, 1.54) is 0 Å². The Morgan fingerprint density at radius 2 is 1.67 bits per heavy atom. The predicted molar refractivity (Wildman–Crippen MR) is 117 cm³/mol. The van der Waals surface area contributed by atoms with Crippen molar-refractivity contribution in [3.63, 3.8) is 0 Å². The number of aromatic amines is 1. The molecular formula is C24H21N5O. The number of H-pyrrole nitrogens is 1. The lowest BCUT2D eigenvalue weighted by atomic mass is 9.97. The van der Waals surface area contributed by atoms with Crippen molar-refractivity contribution in [1.82, 2.24) is 4.98 Å². The SMILES string of the molecule is Cc1cc(C#N)cc(C)c1OC1c2cc(Nc3ccc(C#N)cc3)[nH]c2N=CC1C. The number of nitriles is 2. The van der Waals surface area contributed by atoms with E-state index >= 15 is 0 Å². The maximum atomic E-state index is 9.19. The first-order valence-electron chi connectivity index (χ1n) is 9.70. The lowest BCUT2D eigenvalue weighted by Crippen LogP contribution is -2.20. The van der Waals surface area contributed by atoms with E-state index in [0.29, 0.717) is 11.1 Å². The number of rotatable bonds is 4. The Balaban J connectivity index is 1.62. The van der Waals surface area contributed by atoms with Crippen LogP contribution < -0.4 is 10.1 Å². The Morgan fingerprint density at radius 3 is 2.30 bits per heavy atom. The van der Waals surface area contributed by atoms with Gasteiger partial charge in [-0.15, -0.1) is 0 Å². The molecule has 0 radical (unpaired) electrons. The summed E-state index contributed by atoms with van der Waals surface area (Å²) in [6.45, 7) is 5.99. The molecule has 2 N–H and O–H groups in total. The van der Waals surface area contributed by atoms with Crippen LogP contribution in [0, 0.1) is 42.4 Å². The zero-order valence-electron chi connectivity index (χ0n) is 17.0. The van der Waals surface area contributed by atoms with Crippen LogP contribution in [0.5, 0.6) is 5.75 Å². The second kappa shape index (κ2) is 7.77. The highest BCUT2D eigenvalue weighted by molar-refractivity contribution is 5.73. The lowest BCUT2D eigenvalue weighted by molar-refractivity contribution is 0.173. The van der Waals surface area contributed by atoms with Gasteiger partial charge in [-0.1, -0.05) is 6.92 Å². The first-order valence-corrected chi connectivity index (χ1v) is 9.70. The van der Waals surface area contributed by atoms with Gasteiger partial charge in [0.15, 0.2) is 0 Å². The fourth-order valence-electron chi connectivity index (χ4n) is 3.69. The van der Waals surface area contributed by atoms with Gasteiger partial charge in [-0.2, -0.15) is 10.5 Å². The number of benzene rings is 2. The molecule has 2 aromatic carbocycles. The summed E-state index contributed by atoms with van der Waals surface area (Å²) < 4.78 is 6.46. The van der Waals surface area contributed by atoms with Crippen LogP contribution in [0.4, 0.5) is 17.3 Å². The lowest BCUT2D eigenvalue weighted by Gasteiger charge is -2.27. The van der Waals surface area contributed by atoms with E-state index in [-0.39, 0.29) is 12.0 Å². The molecule has 1 aromatic heterocycles. The number of hydrogen-bond acceptors (Lipinski definition) is 5. The number of nitrogens with zero attached hydrogens (tertiary/aromatic N) is 3. The third kappa shape index (κ3) is 3.64. The summed E-state index contributed by atoms with van der Waals surface area (Å²) in [7, 11) is 0. The molecule has 0 aliphatic carbocycles. The number of hydrogen-bond donors (Lipinski definition) is 2. The number of ether oxygens (including phenoxy) is 1. The van der Waals surface area contributed by atoms with Gasteiger partial charge in [0, 0.05) is 23.4 Å². The van der Waals surface area contributed by atoms with E-state index in [1.807, 2.05) is 50.4 Å². The molecule has 4 rings (SSSR count). The van der Waals surface area contributed by atoms with Crippen LogP contribution in [0.15, 0.2) is 47.5 Å². The molecule has 3 aromatic rings. The van der Waals surface area contributed by atoms with Crippen molar-refractivity contribution < 1.29 is 4.74 Å². The molecule has 0 fully saturated rings. The molecule has 2 unspecified atom stereocenters. The number of aliphatic imine (C=N–C) groups is 1. The summed E-state index contributed by atoms with van der Waals surface area (Å²) in [6.07, 6.45) is 1.69. The van der Waals surface area contributed by atoms with Crippen LogP contribution in [0.2, 0.25) is 0 Å². The highest BCUT2D eigenvalue weighted by Crippen LogP contribution is 2.40. The zero-order chi connectivity index (χ0) is 21.3. The summed E-state index contributed by atoms with van der Waals surface area (Å²) in [5.74, 6) is 2.46. The van der Waals surface area contributed by atoms with E-state index in [0.717, 1.165) is 39.8 Å². The van der Waals surface area contributed by atoms with Gasteiger partial charge in [-0.3, -0.25) is 0 Å². The van der Waals surface area contributed by atoms with E-state index in [1.54, 1.807) is 12.1 Å². The van der Waals surface area contributed by atoms with Crippen LogP contribution in [0.3, 0.4) is 0 Å². The first-order chi connectivity index (χ1) is 14.5. The Morgan fingerprint density at radius 1 is 1.00 bits per heavy atom. The predicted octanol–water partition coefficient (Wildman–Crippen LogP) is 5.59. The van der Waals surface area contributed by atoms with Gasteiger partial charge in [0.2, 0.25) is 0 Å². The van der Waals surface area contributed by atoms with Crippen LogP contribution in [0.1, 0.15) is 40.8 Å². The Hall–Kier alpha value is -4.03. The van der Waals surface area contributed by atoms with Crippen molar-refractivity contribution in [2.75, 3.05) is 5.32 Å². The number of aromatic nitrogens is 1. The third-order valence-corrected chi connectivity index (χ3v) is 5.18. The molecule has 2 heterocycles. The van der Waals surface area contributed by atoms with E-state index in [4.69, 9.17) is 10.00 Å². The summed E-state index contributed by atoms with van der Waals surface area (Å²) in [5, 5.41) is 21.5. The second-order valence-electron chi connectivity index (χ2n) is 7.53. The van der Waals surface area contributed by atoms with Crippen LogP contribution >= 0.6 is 0 Å². The monoisotopic (exact) mass is 395 g/mol. The van der Waals surface area contributed by atoms with Gasteiger partial charge in [-0.25, -0.2) is 4.99 Å². The number of anilines is 2. The quantitative estimate of drug-likeness (QED) is 0.602. The van der Waals surface area contributed by atoms with Gasteiger partial charge in [0.1, 0.15) is 23.5 Å². The fraction of sp³-hybridized carbons (Fsp3) is 0.208. The average Bonchev–Trinajstić information content (AvgIpc) is 3.15. The molecule has 148 valence electrons. The summed E-state index contributed by atoms with van der Waals surface area (Å²) in [6, 6.07) is 17.3. The molecule has 1 aliphatic heterocycles. The van der Waals surface area contributed by atoms with Gasteiger partial charge >= 0.3 is 0 Å². The van der Waals surface area contributed by atoms with Gasteiger partial charge < -0.3 is 15.0 Å². The standard InChI is InChI=1S/C24H21N5O/c1-14-8-18(12-26)9-15(2)22(14)30-23-16(3)13-27-24-20(23)10-21(29-24)28-19-6-4-17(11-25)5-7-19/h4-10,13,16,23,28-29H,1-3H3. The van der Waals surface area contributed by atoms with Crippen LogP contribution in [0.25, 0.3) is 0 Å². The van der Waals surface area contributed by atoms with Gasteiger partial charge in [0.25, 0.3) is 0 Å². The molecule has 2 atom stereocenters. The minimum Gasteiger partial charge on any atom is -0.484 e. The molecule has 0 saturated carbocycles. The second-order valence-corrected chi connectivity index (χ2v) is 7.53. The molecule has 0 bridgehead atoms. The van der Waals surface area contributed by atoms with E-state index in [2.05, 4.69) is 34.4 Å². The van der Waals surface area contributed by atoms with E-state index < -0.39 is 0 Å². The fourth-order valence-corrected chi connectivity index (χ4v) is 3.69. The van der Waals surface area contributed by atoms with Crippen molar-refractivity contribution >= 4 is 23.5 Å². The molecule has 0 amide bonds. The molecular weight excluding hydrogens is 374 g/mol. The van der Waals surface area contributed by atoms with Crippen molar-refractivity contribution in [3.05, 3.63) is 70.3 Å². The molecule has 0 spiro atoms. The average molecular weight is 395 g/mol. The minimum atomic E-state index is -0.199. The van der Waals surface area contributed by atoms with Gasteiger partial charge in [-0.05, 0) is 67.4 Å². The Kier molecular flexibility index (Phi) is 5.00. The molecule has 6 heteroatoms. The maximum absolute atomic E-state index is 9.19. The smallest absolute Gasteiger partial charge is 0.138 e. The van der Waals surface area contributed by atoms with Crippen molar-refractivity contribution in [3.8, 4) is 17.9 Å². The number of nitrogens with one attached hydrogen (secondary N) is 2. The Labute approximate surface area is 175 Å². The van der Waals surface area contributed by atoms with Crippen molar-refractivity contribution in [2.24, 2.45) is 10.9 Å². The molecule has 0 saturated heterocycles. The van der Waals surface area contributed by atoms with Crippen molar-refractivity contribution in [1.29, 1.82) is 10.5 Å². The minimum absolute atomic E-state index is 0.0884. The van der Waals surface area contributed by atoms with Crippen LogP contribution in [-0.2, 0) is 0 Å². The highest BCUT2D eigenvalue weighted by Gasteiger charge is 2.29. The summed E-state index contributed by atoms with van der Waals surface area (Å²) in [5.41, 5.74) is 4.98. The van der Waals surface area contributed by atoms with Crippen molar-refractivity contribution in [2.45, 2.75) is 26.9 Å². The normalized spacial score (nSPS) is 17.0. The molecule has 6 nitrogen and oxygen atoms in total. The van der Waals surface area contributed by atoms with Gasteiger partial charge in [0.05, 0.1) is 23.3 Å². The maximum Gasteiger partial charge on any atom is 0.138 e. The van der Waals surface area contributed by atoms with Crippen LogP contribution in [-0.4, -0.2) is 11.2 Å². The largest absolute Gasteiger partial charge is 0.484 e. The highest BCUT2D eigenvalue weighted by atomic mass is 16.5. The zero-order valence-corrected chi connectivity index (χ0v) is 17.0. The summed E-state index contributed by atoms with van der Waals surface area (Å²) in [4.78, 5) is 7.84. The summed E-state index contributed by atoms with van der Waals surface area (Å²) >= 11 is 0. The molecule has 1 aliphatic rings. The first kappa shape index (κ1) is 19.3. The molecule has 30 heavy (non-hydrogen) atoms. The third-order valence-electron chi connectivity index (χ3n) is 5.18.